The largest absolute Gasteiger partial charge is 0.330 e. The summed E-state index contributed by atoms with van der Waals surface area (Å²) in [4.78, 5) is 2.63. The summed E-state index contributed by atoms with van der Waals surface area (Å²) in [5, 5.41) is 0. The number of nitrogens with two attached hydrogens (primary N) is 1. The highest BCUT2D eigenvalue weighted by atomic mass is 15.1. The average Bonchev–Trinajstić information content (AvgIpc) is 2.25. The molecule has 0 aliphatic carbocycles. The van der Waals surface area contributed by atoms with Crippen molar-refractivity contribution in [3.63, 3.8) is 0 Å². The normalized spacial score (nSPS) is 20.1. The van der Waals surface area contributed by atoms with Gasteiger partial charge in [-0.1, -0.05) is 19.8 Å². The van der Waals surface area contributed by atoms with E-state index in [2.05, 4.69) is 11.8 Å². The van der Waals surface area contributed by atoms with Crippen molar-refractivity contribution in [3.8, 4) is 0 Å². The van der Waals surface area contributed by atoms with Crippen LogP contribution in [-0.2, 0) is 0 Å². The Hall–Kier alpha value is -0.0800. The molecule has 0 aromatic carbocycles. The highest BCUT2D eigenvalue weighted by molar-refractivity contribution is 4.71. The minimum Gasteiger partial charge on any atom is -0.330 e. The van der Waals surface area contributed by atoms with E-state index in [1.165, 1.54) is 58.2 Å². The van der Waals surface area contributed by atoms with E-state index in [1.807, 2.05) is 0 Å². The molecule has 0 aromatic rings. The highest BCUT2D eigenvalue weighted by Gasteiger charge is 2.16. The molecule has 0 aromatic heterocycles. The second-order valence-electron chi connectivity index (χ2n) is 4.54. The Balaban J connectivity index is 1.98. The van der Waals surface area contributed by atoms with E-state index in [-0.39, 0.29) is 0 Å². The Morgan fingerprint density at radius 3 is 2.43 bits per heavy atom. The Labute approximate surface area is 88.8 Å². The van der Waals surface area contributed by atoms with Gasteiger partial charge in [-0.05, 0) is 57.8 Å². The van der Waals surface area contributed by atoms with Crippen LogP contribution in [0.25, 0.3) is 0 Å². The summed E-state index contributed by atoms with van der Waals surface area (Å²) in [5.74, 6) is 1.01. The molecule has 2 heteroatoms. The van der Waals surface area contributed by atoms with Crippen LogP contribution >= 0.6 is 0 Å². The highest BCUT2D eigenvalue weighted by Crippen LogP contribution is 2.19. The molecule has 1 aliphatic heterocycles. The van der Waals surface area contributed by atoms with Crippen molar-refractivity contribution < 1.29 is 0 Å². The van der Waals surface area contributed by atoms with Gasteiger partial charge >= 0.3 is 0 Å². The Bertz CT molecular complexity index is 128. The molecule has 1 rings (SSSR count). The third kappa shape index (κ3) is 4.43. The summed E-state index contributed by atoms with van der Waals surface area (Å²) in [6.07, 6.45) is 8.07. The maximum atomic E-state index is 5.47. The Morgan fingerprint density at radius 1 is 1.14 bits per heavy atom. The number of hydrogen-bond donors (Lipinski definition) is 1. The molecule has 1 saturated heterocycles. The minimum atomic E-state index is 0.859. The van der Waals surface area contributed by atoms with Crippen LogP contribution in [0.4, 0.5) is 0 Å². The zero-order chi connectivity index (χ0) is 10.2. The van der Waals surface area contributed by atoms with E-state index < -0.39 is 0 Å². The smallest absolute Gasteiger partial charge is 0.00161 e. The van der Waals surface area contributed by atoms with Crippen LogP contribution in [0, 0.1) is 5.92 Å². The first-order valence-corrected chi connectivity index (χ1v) is 6.29. The van der Waals surface area contributed by atoms with Crippen LogP contribution in [0.15, 0.2) is 0 Å². The van der Waals surface area contributed by atoms with Gasteiger partial charge in [-0.2, -0.15) is 0 Å². The van der Waals surface area contributed by atoms with E-state index in [0.29, 0.717) is 0 Å². The molecule has 0 bridgehead atoms. The van der Waals surface area contributed by atoms with Gasteiger partial charge in [0.05, 0.1) is 0 Å². The van der Waals surface area contributed by atoms with E-state index in [1.54, 1.807) is 0 Å². The zero-order valence-corrected chi connectivity index (χ0v) is 9.67. The standard InChI is InChI=1S/C12H26N2/c1-2-12-6-10-14(11-7-12)9-5-3-4-8-13/h12H,2-11,13H2,1H3. The van der Waals surface area contributed by atoms with Gasteiger partial charge in [-0.3, -0.25) is 0 Å². The molecule has 0 atom stereocenters. The van der Waals surface area contributed by atoms with Gasteiger partial charge in [-0.15, -0.1) is 0 Å². The minimum absolute atomic E-state index is 0.859. The van der Waals surface area contributed by atoms with Crippen LogP contribution < -0.4 is 5.73 Å². The lowest BCUT2D eigenvalue weighted by molar-refractivity contribution is 0.179. The lowest BCUT2D eigenvalue weighted by Gasteiger charge is -2.31. The molecule has 0 amide bonds. The summed E-state index contributed by atoms with van der Waals surface area (Å²) >= 11 is 0. The van der Waals surface area contributed by atoms with Crippen molar-refractivity contribution in [3.05, 3.63) is 0 Å². The third-order valence-corrected chi connectivity index (χ3v) is 3.46. The molecule has 84 valence electrons. The molecule has 1 heterocycles. The fourth-order valence-electron chi connectivity index (χ4n) is 2.27. The van der Waals surface area contributed by atoms with E-state index in [9.17, 15) is 0 Å². The maximum absolute atomic E-state index is 5.47. The summed E-state index contributed by atoms with van der Waals surface area (Å²) in [6, 6.07) is 0. The van der Waals surface area contributed by atoms with Crippen molar-refractivity contribution in [2.75, 3.05) is 26.2 Å². The first-order valence-electron chi connectivity index (χ1n) is 6.29. The van der Waals surface area contributed by atoms with Crippen molar-refractivity contribution in [2.45, 2.75) is 45.4 Å². The molecular weight excluding hydrogens is 172 g/mol. The maximum Gasteiger partial charge on any atom is -0.00161 e. The lowest BCUT2D eigenvalue weighted by atomic mass is 9.94. The number of piperidine rings is 1. The zero-order valence-electron chi connectivity index (χ0n) is 9.67. The number of likely N-dealkylation sites (tertiary alicyclic amines) is 1. The number of hydrogen-bond acceptors (Lipinski definition) is 2. The van der Waals surface area contributed by atoms with Gasteiger partial charge in [0.1, 0.15) is 0 Å². The van der Waals surface area contributed by atoms with Crippen molar-refractivity contribution in [2.24, 2.45) is 11.7 Å². The quantitative estimate of drug-likeness (QED) is 0.663. The second kappa shape index (κ2) is 7.24. The van der Waals surface area contributed by atoms with Crippen molar-refractivity contribution in [1.29, 1.82) is 0 Å². The van der Waals surface area contributed by atoms with E-state index in [0.717, 1.165) is 12.5 Å². The Morgan fingerprint density at radius 2 is 1.86 bits per heavy atom. The predicted molar refractivity (Wildman–Crippen MR) is 62.4 cm³/mol. The summed E-state index contributed by atoms with van der Waals surface area (Å²) in [6.45, 7) is 7.15. The van der Waals surface area contributed by atoms with Crippen LogP contribution in [0.2, 0.25) is 0 Å². The van der Waals surface area contributed by atoms with Crippen molar-refractivity contribution in [1.82, 2.24) is 4.90 Å². The number of nitrogens with zero attached hydrogens (tertiary/aromatic N) is 1. The molecule has 14 heavy (non-hydrogen) atoms. The second-order valence-corrected chi connectivity index (χ2v) is 4.54. The third-order valence-electron chi connectivity index (χ3n) is 3.46. The van der Waals surface area contributed by atoms with Gasteiger partial charge in [0.15, 0.2) is 0 Å². The van der Waals surface area contributed by atoms with Crippen LogP contribution in [-0.4, -0.2) is 31.1 Å². The molecule has 2 nitrogen and oxygen atoms in total. The number of rotatable bonds is 6. The molecule has 0 spiro atoms. The molecule has 0 unspecified atom stereocenters. The fraction of sp³-hybridized carbons (Fsp3) is 1.00. The first-order chi connectivity index (χ1) is 6.86. The predicted octanol–water partition coefficient (Wildman–Crippen LogP) is 2.24. The van der Waals surface area contributed by atoms with Gasteiger partial charge in [0.2, 0.25) is 0 Å². The first kappa shape index (κ1) is 12.0. The van der Waals surface area contributed by atoms with Gasteiger partial charge < -0.3 is 10.6 Å². The lowest BCUT2D eigenvalue weighted by Crippen LogP contribution is -2.34. The molecule has 2 N–H and O–H groups in total. The van der Waals surface area contributed by atoms with Crippen LogP contribution in [0.5, 0.6) is 0 Å². The van der Waals surface area contributed by atoms with Gasteiger partial charge in [-0.25, -0.2) is 0 Å². The summed E-state index contributed by atoms with van der Waals surface area (Å²) in [5.41, 5.74) is 5.47. The summed E-state index contributed by atoms with van der Waals surface area (Å²) in [7, 11) is 0. The van der Waals surface area contributed by atoms with E-state index in [4.69, 9.17) is 5.73 Å². The molecular formula is C12H26N2. The van der Waals surface area contributed by atoms with Gasteiger partial charge in [0, 0.05) is 0 Å². The Kier molecular flexibility index (Phi) is 6.20. The molecule has 0 radical (unpaired) electrons. The SMILES string of the molecule is CCC1CCN(CCCCCN)CC1. The van der Waals surface area contributed by atoms with Gasteiger partial charge in [0.25, 0.3) is 0 Å². The fourth-order valence-corrected chi connectivity index (χ4v) is 2.27. The monoisotopic (exact) mass is 198 g/mol. The number of unbranched alkanes of at least 4 members (excludes halogenated alkanes) is 2. The van der Waals surface area contributed by atoms with Crippen molar-refractivity contribution >= 4 is 0 Å². The molecule has 1 fully saturated rings. The topological polar surface area (TPSA) is 29.3 Å². The van der Waals surface area contributed by atoms with Crippen LogP contribution in [0.3, 0.4) is 0 Å². The molecule has 1 aliphatic rings. The van der Waals surface area contributed by atoms with Crippen LogP contribution in [0.1, 0.15) is 45.4 Å². The average molecular weight is 198 g/mol. The van der Waals surface area contributed by atoms with E-state index >= 15 is 0 Å². The summed E-state index contributed by atoms with van der Waals surface area (Å²) < 4.78 is 0. The molecule has 0 saturated carbocycles.